The summed E-state index contributed by atoms with van der Waals surface area (Å²) in [6.45, 7) is 17.1. The highest BCUT2D eigenvalue weighted by atomic mass is 28.4. The Labute approximate surface area is 311 Å². The average Bonchev–Trinajstić information content (AvgIpc) is 3.08. The summed E-state index contributed by atoms with van der Waals surface area (Å²) in [4.78, 5) is 17.4. The van der Waals surface area contributed by atoms with Crippen molar-refractivity contribution in [3.63, 3.8) is 0 Å². The number of benzene rings is 3. The fourth-order valence-corrected chi connectivity index (χ4v) is 6.49. The topological polar surface area (TPSA) is 78.9 Å². The van der Waals surface area contributed by atoms with Crippen LogP contribution >= 0.6 is 0 Å². The summed E-state index contributed by atoms with van der Waals surface area (Å²) in [6, 6.07) is 17.3. The minimum absolute atomic E-state index is 0.0257. The molecule has 1 amide bonds. The van der Waals surface area contributed by atoms with E-state index in [1.807, 2.05) is 45.0 Å². The third kappa shape index (κ3) is 11.3. The predicted molar refractivity (Wildman–Crippen MR) is 203 cm³/mol. The third-order valence-electron chi connectivity index (χ3n) is 9.39. The molecule has 1 N–H and O–H groups in total. The Bertz CT molecular complexity index is 1870. The standard InChI is InChI=1S/C41H50F4N2O5Si/c1-10-50-36-20-31(24-46-38(36)51-25-27-11-17-33(49-7)18-12-27)28-13-14-29(35(42)19-28)21-37(48)47-32-16-15-30(34(22-32)41(43,44)45)23-40(5,6)26-52-53(8,9)39(2,3)4/h11-20,22,24H,10,21,23,25-26H2,1-9H3,(H,47,48). The van der Waals surface area contributed by atoms with E-state index in [2.05, 4.69) is 44.2 Å². The number of anilines is 1. The van der Waals surface area contributed by atoms with Crippen molar-refractivity contribution in [1.82, 2.24) is 4.98 Å². The van der Waals surface area contributed by atoms with Crippen LogP contribution in [0.4, 0.5) is 23.2 Å². The lowest BCUT2D eigenvalue weighted by atomic mass is 9.84. The third-order valence-corrected chi connectivity index (χ3v) is 13.9. The molecule has 4 rings (SSSR count). The molecule has 0 aliphatic rings. The van der Waals surface area contributed by atoms with Gasteiger partial charge in [0.1, 0.15) is 18.2 Å². The summed E-state index contributed by atoms with van der Waals surface area (Å²) < 4.78 is 81.3. The minimum Gasteiger partial charge on any atom is -0.497 e. The van der Waals surface area contributed by atoms with Crippen LogP contribution in [0.2, 0.25) is 18.1 Å². The zero-order valence-corrected chi connectivity index (χ0v) is 33.0. The Morgan fingerprint density at radius 3 is 2.15 bits per heavy atom. The highest BCUT2D eigenvalue weighted by Gasteiger charge is 2.39. The van der Waals surface area contributed by atoms with E-state index in [9.17, 15) is 18.0 Å². The Hall–Kier alpha value is -4.42. The zero-order valence-electron chi connectivity index (χ0n) is 32.0. The first kappa shape index (κ1) is 41.3. The number of hydrogen-bond donors (Lipinski definition) is 1. The highest BCUT2D eigenvalue weighted by Crippen LogP contribution is 2.40. The molecule has 4 aromatic rings. The van der Waals surface area contributed by atoms with Crippen LogP contribution in [-0.2, 0) is 34.8 Å². The summed E-state index contributed by atoms with van der Waals surface area (Å²) in [5, 5.41) is 2.48. The molecular weight excluding hydrogens is 705 g/mol. The molecule has 0 fully saturated rings. The first-order valence-corrected chi connectivity index (χ1v) is 20.4. The molecule has 7 nitrogen and oxygen atoms in total. The fraction of sp³-hybridized carbons (Fsp3) is 0.415. The first-order valence-electron chi connectivity index (χ1n) is 17.5. The van der Waals surface area contributed by atoms with E-state index >= 15 is 4.39 Å². The number of methoxy groups -OCH3 is 1. The van der Waals surface area contributed by atoms with E-state index in [0.29, 0.717) is 30.1 Å². The van der Waals surface area contributed by atoms with Crippen LogP contribution in [0.25, 0.3) is 11.1 Å². The fourth-order valence-electron chi connectivity index (χ4n) is 5.31. The van der Waals surface area contributed by atoms with Gasteiger partial charge >= 0.3 is 6.18 Å². The maximum absolute atomic E-state index is 15.3. The van der Waals surface area contributed by atoms with E-state index in [1.54, 1.807) is 19.2 Å². The SMILES string of the molecule is CCOc1cc(-c2ccc(CC(=O)Nc3ccc(CC(C)(C)CO[Si](C)(C)C(C)(C)C)c(C(F)(F)F)c3)c(F)c2)cnc1OCc1ccc(OC)cc1. The van der Waals surface area contributed by atoms with Crippen LogP contribution < -0.4 is 19.5 Å². The molecule has 0 bridgehead atoms. The van der Waals surface area contributed by atoms with Gasteiger partial charge < -0.3 is 24.0 Å². The first-order chi connectivity index (χ1) is 24.7. The molecule has 286 valence electrons. The van der Waals surface area contributed by atoms with Crippen LogP contribution in [0.1, 0.15) is 63.8 Å². The molecule has 0 unspecified atom stereocenters. The monoisotopic (exact) mass is 754 g/mol. The van der Waals surface area contributed by atoms with Gasteiger partial charge in [-0.1, -0.05) is 65.0 Å². The summed E-state index contributed by atoms with van der Waals surface area (Å²) in [5.41, 5.74) is 0.726. The highest BCUT2D eigenvalue weighted by molar-refractivity contribution is 6.74. The second kappa shape index (κ2) is 16.7. The lowest BCUT2D eigenvalue weighted by molar-refractivity contribution is -0.138. The Morgan fingerprint density at radius 1 is 0.868 bits per heavy atom. The zero-order chi connectivity index (χ0) is 39.2. The second-order valence-corrected chi connectivity index (χ2v) is 20.2. The number of rotatable bonds is 15. The van der Waals surface area contributed by atoms with Crippen LogP contribution in [0.5, 0.6) is 17.4 Å². The number of alkyl halides is 3. The van der Waals surface area contributed by atoms with Crippen molar-refractivity contribution in [3.05, 3.63) is 101 Å². The molecule has 12 heteroatoms. The van der Waals surface area contributed by atoms with Crippen LogP contribution in [0.15, 0.2) is 72.9 Å². The molecular formula is C41H50F4N2O5Si. The number of hydrogen-bond acceptors (Lipinski definition) is 6. The normalized spacial score (nSPS) is 12.4. The summed E-state index contributed by atoms with van der Waals surface area (Å²) in [7, 11) is -0.508. The molecule has 0 atom stereocenters. The predicted octanol–water partition coefficient (Wildman–Crippen LogP) is 10.7. The minimum atomic E-state index is -4.65. The summed E-state index contributed by atoms with van der Waals surface area (Å²) >= 11 is 0. The van der Waals surface area contributed by atoms with Crippen molar-refractivity contribution in [2.24, 2.45) is 5.41 Å². The van der Waals surface area contributed by atoms with Gasteiger partial charge in [-0.15, -0.1) is 0 Å². The lowest BCUT2D eigenvalue weighted by Crippen LogP contribution is -2.43. The molecule has 0 aliphatic heterocycles. The quantitative estimate of drug-likeness (QED) is 0.0962. The van der Waals surface area contributed by atoms with Gasteiger partial charge in [0.2, 0.25) is 5.91 Å². The average molecular weight is 755 g/mol. The van der Waals surface area contributed by atoms with E-state index in [4.69, 9.17) is 18.6 Å². The van der Waals surface area contributed by atoms with Gasteiger partial charge in [0.05, 0.1) is 25.7 Å². The Kier molecular flexibility index (Phi) is 13.0. The van der Waals surface area contributed by atoms with Gasteiger partial charge in [-0.25, -0.2) is 9.37 Å². The van der Waals surface area contributed by atoms with Gasteiger partial charge in [-0.2, -0.15) is 13.2 Å². The second-order valence-electron chi connectivity index (χ2n) is 15.4. The van der Waals surface area contributed by atoms with Crippen molar-refractivity contribution < 1.29 is 41.0 Å². The summed E-state index contributed by atoms with van der Waals surface area (Å²) in [5.74, 6) is 0.0905. The van der Waals surface area contributed by atoms with Crippen molar-refractivity contribution in [1.29, 1.82) is 0 Å². The number of aromatic nitrogens is 1. The van der Waals surface area contributed by atoms with Gasteiger partial charge in [0.25, 0.3) is 5.88 Å². The Balaban J connectivity index is 1.44. The van der Waals surface area contributed by atoms with Crippen molar-refractivity contribution in [3.8, 4) is 28.5 Å². The molecule has 0 aliphatic carbocycles. The smallest absolute Gasteiger partial charge is 0.416 e. The number of pyridine rings is 1. The number of carbonyl (C=O) groups is 1. The van der Waals surface area contributed by atoms with Crippen LogP contribution in [0, 0.1) is 11.2 Å². The molecule has 53 heavy (non-hydrogen) atoms. The van der Waals surface area contributed by atoms with Gasteiger partial charge in [-0.3, -0.25) is 4.79 Å². The van der Waals surface area contributed by atoms with Gasteiger partial charge in [0, 0.05) is 24.1 Å². The number of amides is 1. The van der Waals surface area contributed by atoms with E-state index < -0.39 is 37.2 Å². The van der Waals surface area contributed by atoms with Crippen LogP contribution in [0.3, 0.4) is 0 Å². The van der Waals surface area contributed by atoms with Crippen molar-refractivity contribution in [2.45, 2.75) is 85.3 Å². The maximum atomic E-state index is 15.3. The number of carbonyl (C=O) groups excluding carboxylic acids is 1. The number of nitrogens with zero attached hydrogens (tertiary/aromatic N) is 1. The lowest BCUT2D eigenvalue weighted by Gasteiger charge is -2.39. The van der Waals surface area contributed by atoms with E-state index in [1.165, 1.54) is 30.5 Å². The molecule has 3 aromatic carbocycles. The van der Waals surface area contributed by atoms with E-state index in [-0.39, 0.29) is 47.2 Å². The van der Waals surface area contributed by atoms with Crippen LogP contribution in [-0.4, -0.2) is 39.5 Å². The maximum Gasteiger partial charge on any atom is 0.416 e. The van der Waals surface area contributed by atoms with Crippen molar-refractivity contribution in [2.75, 3.05) is 25.6 Å². The molecule has 0 saturated heterocycles. The molecule has 0 radical (unpaired) electrons. The van der Waals surface area contributed by atoms with E-state index in [0.717, 1.165) is 17.4 Å². The molecule has 0 saturated carbocycles. The largest absolute Gasteiger partial charge is 0.497 e. The molecule has 0 spiro atoms. The summed E-state index contributed by atoms with van der Waals surface area (Å²) in [6.07, 6.45) is -3.36. The van der Waals surface area contributed by atoms with Gasteiger partial charge in [0.15, 0.2) is 14.1 Å². The van der Waals surface area contributed by atoms with Gasteiger partial charge in [-0.05, 0) is 95.5 Å². The number of ether oxygens (including phenoxy) is 3. The number of nitrogens with one attached hydrogen (secondary N) is 1. The number of halogens is 4. The molecule has 1 aromatic heterocycles. The van der Waals surface area contributed by atoms with Crippen molar-refractivity contribution >= 4 is 19.9 Å². The Morgan fingerprint density at radius 2 is 1.55 bits per heavy atom. The molecule has 1 heterocycles.